The van der Waals surface area contributed by atoms with Gasteiger partial charge in [0.15, 0.2) is 0 Å². The monoisotopic (exact) mass is 302 g/mol. The third kappa shape index (κ3) is 2.73. The van der Waals surface area contributed by atoms with Crippen LogP contribution in [0.25, 0.3) is 22.2 Å². The topological polar surface area (TPSA) is 62.8 Å². The van der Waals surface area contributed by atoms with Gasteiger partial charge in [0.1, 0.15) is 11.5 Å². The Morgan fingerprint density at radius 2 is 2.14 bits per heavy atom. The summed E-state index contributed by atoms with van der Waals surface area (Å²) in [4.78, 5) is 11.2. The predicted octanol–water partition coefficient (Wildman–Crippen LogP) is 3.78. The molecular formula is C15H12F2N4O. The molecule has 0 spiro atoms. The summed E-state index contributed by atoms with van der Waals surface area (Å²) in [6.07, 6.45) is 5.00. The lowest BCUT2D eigenvalue weighted by atomic mass is 10.1. The van der Waals surface area contributed by atoms with Crippen LogP contribution in [0.5, 0.6) is 5.88 Å². The molecule has 0 unspecified atom stereocenters. The second-order valence-corrected chi connectivity index (χ2v) is 4.41. The van der Waals surface area contributed by atoms with Crippen LogP contribution < -0.4 is 10.1 Å². The number of ether oxygens (including phenoxy) is 1. The highest BCUT2D eigenvalue weighted by Gasteiger charge is 2.11. The van der Waals surface area contributed by atoms with E-state index in [4.69, 9.17) is 0 Å². The Balaban J connectivity index is 1.95. The molecule has 0 aliphatic rings. The molecule has 3 heterocycles. The van der Waals surface area contributed by atoms with E-state index < -0.39 is 6.61 Å². The second-order valence-electron chi connectivity index (χ2n) is 4.41. The molecule has 2 N–H and O–H groups in total. The van der Waals surface area contributed by atoms with Gasteiger partial charge in [-0.15, -0.1) is 0 Å². The van der Waals surface area contributed by atoms with Crippen molar-refractivity contribution in [3.63, 3.8) is 0 Å². The molecule has 3 rings (SSSR count). The highest BCUT2D eigenvalue weighted by atomic mass is 19.3. The number of aromatic nitrogens is 3. The molecule has 22 heavy (non-hydrogen) atoms. The fourth-order valence-electron chi connectivity index (χ4n) is 2.13. The van der Waals surface area contributed by atoms with Gasteiger partial charge in [0.25, 0.3) is 0 Å². The first-order valence-electron chi connectivity index (χ1n) is 6.44. The number of nitrogens with zero attached hydrogens (tertiary/aromatic N) is 2. The summed E-state index contributed by atoms with van der Waals surface area (Å²) in [5.41, 5.74) is 2.23. The number of hydrogen-bond donors (Lipinski definition) is 2. The van der Waals surface area contributed by atoms with Gasteiger partial charge in [-0.3, -0.25) is 0 Å². The van der Waals surface area contributed by atoms with E-state index in [1.165, 1.54) is 6.07 Å². The first-order chi connectivity index (χ1) is 10.7. The molecule has 5 nitrogen and oxygen atoms in total. The van der Waals surface area contributed by atoms with Gasteiger partial charge >= 0.3 is 6.61 Å². The van der Waals surface area contributed by atoms with E-state index in [1.54, 1.807) is 24.7 Å². The Kier molecular flexibility index (Phi) is 3.69. The van der Waals surface area contributed by atoms with Crippen molar-refractivity contribution >= 4 is 16.9 Å². The molecule has 0 aliphatic heterocycles. The average Bonchev–Trinajstić information content (AvgIpc) is 2.91. The molecule has 0 fully saturated rings. The number of hydrogen-bond acceptors (Lipinski definition) is 4. The lowest BCUT2D eigenvalue weighted by molar-refractivity contribution is -0.0526. The van der Waals surface area contributed by atoms with Crippen LogP contribution in [0.1, 0.15) is 0 Å². The molecule has 0 aromatic carbocycles. The number of H-pyrrole nitrogens is 1. The Morgan fingerprint density at radius 3 is 2.82 bits per heavy atom. The molecule has 0 saturated heterocycles. The zero-order valence-electron chi connectivity index (χ0n) is 11.4. The van der Waals surface area contributed by atoms with Crippen molar-refractivity contribution in [2.45, 2.75) is 6.61 Å². The van der Waals surface area contributed by atoms with Crippen molar-refractivity contribution < 1.29 is 13.5 Å². The van der Waals surface area contributed by atoms with Crippen LogP contribution in [0.3, 0.4) is 0 Å². The van der Waals surface area contributed by atoms with Crippen LogP contribution in [0.15, 0.2) is 49.4 Å². The first kappa shape index (κ1) is 14.0. The number of alkyl halides is 2. The van der Waals surface area contributed by atoms with Gasteiger partial charge in [-0.25, -0.2) is 4.98 Å². The van der Waals surface area contributed by atoms with Crippen LogP contribution in [-0.4, -0.2) is 21.6 Å². The van der Waals surface area contributed by atoms with E-state index in [0.29, 0.717) is 11.5 Å². The summed E-state index contributed by atoms with van der Waals surface area (Å²) in [6, 6.07) is 6.80. The SMILES string of the molecule is C=CNc1ccc(-c2c[nH]c3nc(OC(F)F)ccc23)cn1. The van der Waals surface area contributed by atoms with Gasteiger partial charge in [-0.1, -0.05) is 6.58 Å². The number of rotatable bonds is 5. The third-order valence-electron chi connectivity index (χ3n) is 3.05. The van der Waals surface area contributed by atoms with Crippen molar-refractivity contribution in [3.05, 3.63) is 49.4 Å². The molecule has 0 radical (unpaired) electrons. The number of aromatic amines is 1. The summed E-state index contributed by atoms with van der Waals surface area (Å²) < 4.78 is 28.7. The Hall–Kier alpha value is -2.96. The molecule has 0 amide bonds. The summed E-state index contributed by atoms with van der Waals surface area (Å²) in [5, 5.41) is 3.69. The smallest absolute Gasteiger partial charge is 0.388 e. The first-order valence-corrected chi connectivity index (χ1v) is 6.44. The maximum Gasteiger partial charge on any atom is 0.388 e. The minimum absolute atomic E-state index is 0.125. The van der Waals surface area contributed by atoms with Crippen LogP contribution in [0.4, 0.5) is 14.6 Å². The highest BCUT2D eigenvalue weighted by Crippen LogP contribution is 2.29. The van der Waals surface area contributed by atoms with Gasteiger partial charge in [0, 0.05) is 35.0 Å². The molecule has 3 aromatic rings. The van der Waals surface area contributed by atoms with Crippen LogP contribution >= 0.6 is 0 Å². The molecule has 7 heteroatoms. The Labute approximate surface area is 124 Å². The van der Waals surface area contributed by atoms with Gasteiger partial charge in [0.05, 0.1) is 0 Å². The lowest BCUT2D eigenvalue weighted by Crippen LogP contribution is -2.03. The van der Waals surface area contributed by atoms with E-state index >= 15 is 0 Å². The van der Waals surface area contributed by atoms with Gasteiger partial charge in [0.2, 0.25) is 5.88 Å². The minimum Gasteiger partial charge on any atom is -0.417 e. The second kappa shape index (κ2) is 5.80. The van der Waals surface area contributed by atoms with E-state index in [1.807, 2.05) is 12.1 Å². The fraction of sp³-hybridized carbons (Fsp3) is 0.0667. The number of pyridine rings is 2. The van der Waals surface area contributed by atoms with Crippen molar-refractivity contribution in [2.75, 3.05) is 5.32 Å². The van der Waals surface area contributed by atoms with Crippen molar-refractivity contribution in [1.82, 2.24) is 15.0 Å². The van der Waals surface area contributed by atoms with Crippen molar-refractivity contribution in [3.8, 4) is 17.0 Å². The summed E-state index contributed by atoms with van der Waals surface area (Å²) in [7, 11) is 0. The third-order valence-corrected chi connectivity index (χ3v) is 3.05. The fourth-order valence-corrected chi connectivity index (χ4v) is 2.13. The summed E-state index contributed by atoms with van der Waals surface area (Å²) in [6.45, 7) is 0.673. The van der Waals surface area contributed by atoms with Crippen LogP contribution in [0, 0.1) is 0 Å². The van der Waals surface area contributed by atoms with Crippen molar-refractivity contribution in [1.29, 1.82) is 0 Å². The highest BCUT2D eigenvalue weighted by molar-refractivity contribution is 5.93. The molecule has 0 aliphatic carbocycles. The maximum atomic E-state index is 12.2. The van der Waals surface area contributed by atoms with E-state index in [9.17, 15) is 8.78 Å². The normalized spacial score (nSPS) is 10.9. The lowest BCUT2D eigenvalue weighted by Gasteiger charge is -2.04. The van der Waals surface area contributed by atoms with Gasteiger partial charge in [-0.2, -0.15) is 13.8 Å². The number of fused-ring (bicyclic) bond motifs is 1. The molecule has 3 aromatic heterocycles. The standard InChI is InChI=1S/C15H12F2N4O/c1-2-18-12-5-3-9(7-19-12)11-8-20-14-10(11)4-6-13(21-14)22-15(16)17/h2-8,15H,1H2,(H,18,19)(H,20,21). The minimum atomic E-state index is -2.89. The van der Waals surface area contributed by atoms with Gasteiger partial charge < -0.3 is 15.0 Å². The van der Waals surface area contributed by atoms with E-state index in [0.717, 1.165) is 16.5 Å². The van der Waals surface area contributed by atoms with Crippen molar-refractivity contribution in [2.24, 2.45) is 0 Å². The number of anilines is 1. The van der Waals surface area contributed by atoms with Crippen LogP contribution in [0.2, 0.25) is 0 Å². The average molecular weight is 302 g/mol. The van der Waals surface area contributed by atoms with E-state index in [2.05, 4.69) is 31.6 Å². The number of nitrogens with one attached hydrogen (secondary N) is 2. The quantitative estimate of drug-likeness (QED) is 0.753. The van der Waals surface area contributed by atoms with Crippen LogP contribution in [-0.2, 0) is 0 Å². The van der Waals surface area contributed by atoms with Gasteiger partial charge in [-0.05, 0) is 24.4 Å². The maximum absolute atomic E-state index is 12.2. The summed E-state index contributed by atoms with van der Waals surface area (Å²) in [5.74, 6) is 0.559. The number of halogens is 2. The Morgan fingerprint density at radius 1 is 1.27 bits per heavy atom. The molecule has 0 atom stereocenters. The largest absolute Gasteiger partial charge is 0.417 e. The molecule has 0 bridgehead atoms. The molecular weight excluding hydrogens is 290 g/mol. The molecule has 112 valence electrons. The summed E-state index contributed by atoms with van der Waals surface area (Å²) >= 11 is 0. The zero-order valence-corrected chi connectivity index (χ0v) is 11.4. The molecule has 0 saturated carbocycles. The Bertz CT molecular complexity index is 799. The predicted molar refractivity (Wildman–Crippen MR) is 79.8 cm³/mol. The van der Waals surface area contributed by atoms with E-state index in [-0.39, 0.29) is 5.88 Å². The zero-order chi connectivity index (χ0) is 15.5.